The number of hydrogen-bond acceptors (Lipinski definition) is 2. The number of rotatable bonds is 4. The maximum absolute atomic E-state index is 11.9. The van der Waals surface area contributed by atoms with Gasteiger partial charge in [0.15, 0.2) is 0 Å². The molecule has 1 aromatic carbocycles. The van der Waals surface area contributed by atoms with Crippen molar-refractivity contribution in [2.45, 2.75) is 19.3 Å². The summed E-state index contributed by atoms with van der Waals surface area (Å²) in [6, 6.07) is 5.57. The van der Waals surface area contributed by atoms with Crippen molar-refractivity contribution in [1.29, 1.82) is 0 Å². The van der Waals surface area contributed by atoms with Crippen molar-refractivity contribution >= 4 is 41.5 Å². The standard InChI is InChI=1S/C14H18Cl2N2O.ClH/c15-12-3-1-2-10(13(12)16)6-9-18-14(19)11-4-7-17-8-5-11;/h1-3,11,17H,4-9H2,(H,18,19);1H. The van der Waals surface area contributed by atoms with Crippen molar-refractivity contribution in [3.63, 3.8) is 0 Å². The van der Waals surface area contributed by atoms with Crippen LogP contribution in [0, 0.1) is 5.92 Å². The van der Waals surface area contributed by atoms with Crippen molar-refractivity contribution in [3.05, 3.63) is 33.8 Å². The van der Waals surface area contributed by atoms with Crippen molar-refractivity contribution in [2.24, 2.45) is 5.92 Å². The number of carbonyl (C=O) groups excluding carboxylic acids is 1. The number of benzene rings is 1. The molecule has 0 spiro atoms. The minimum atomic E-state index is 0. The Bertz CT molecular complexity index is 448. The predicted octanol–water partition coefficient (Wildman–Crippen LogP) is 3.07. The fourth-order valence-corrected chi connectivity index (χ4v) is 2.70. The van der Waals surface area contributed by atoms with Crippen LogP contribution >= 0.6 is 35.6 Å². The Morgan fingerprint density at radius 2 is 2.00 bits per heavy atom. The van der Waals surface area contributed by atoms with Crippen LogP contribution in [-0.4, -0.2) is 25.5 Å². The van der Waals surface area contributed by atoms with Gasteiger partial charge < -0.3 is 10.6 Å². The molecule has 1 heterocycles. The second-order valence-corrected chi connectivity index (χ2v) is 5.56. The smallest absolute Gasteiger partial charge is 0.223 e. The van der Waals surface area contributed by atoms with Crippen LogP contribution in [0.2, 0.25) is 10.0 Å². The molecule has 0 bridgehead atoms. The molecule has 0 radical (unpaired) electrons. The molecule has 1 fully saturated rings. The van der Waals surface area contributed by atoms with E-state index in [1.165, 1.54) is 0 Å². The van der Waals surface area contributed by atoms with Crippen molar-refractivity contribution in [2.75, 3.05) is 19.6 Å². The fourth-order valence-electron chi connectivity index (χ4n) is 2.29. The van der Waals surface area contributed by atoms with Crippen LogP contribution in [0.5, 0.6) is 0 Å². The third kappa shape index (κ3) is 4.81. The van der Waals surface area contributed by atoms with E-state index in [0.29, 0.717) is 23.0 Å². The Morgan fingerprint density at radius 3 is 2.70 bits per heavy atom. The van der Waals surface area contributed by atoms with Gasteiger partial charge in [0.25, 0.3) is 0 Å². The van der Waals surface area contributed by atoms with E-state index in [1.54, 1.807) is 6.07 Å². The molecule has 1 aromatic rings. The van der Waals surface area contributed by atoms with Gasteiger partial charge in [0.1, 0.15) is 0 Å². The van der Waals surface area contributed by atoms with Crippen molar-refractivity contribution in [1.82, 2.24) is 10.6 Å². The summed E-state index contributed by atoms with van der Waals surface area (Å²) in [6.07, 6.45) is 2.55. The first-order valence-corrected chi connectivity index (χ1v) is 7.35. The number of nitrogens with one attached hydrogen (secondary N) is 2. The number of hydrogen-bond donors (Lipinski definition) is 2. The summed E-state index contributed by atoms with van der Waals surface area (Å²) in [5.74, 6) is 0.302. The van der Waals surface area contributed by atoms with E-state index in [1.807, 2.05) is 12.1 Å². The van der Waals surface area contributed by atoms with E-state index < -0.39 is 0 Å². The predicted molar refractivity (Wildman–Crippen MR) is 86.0 cm³/mol. The van der Waals surface area contributed by atoms with Crippen LogP contribution < -0.4 is 10.6 Å². The van der Waals surface area contributed by atoms with Gasteiger partial charge in [0.2, 0.25) is 5.91 Å². The lowest BCUT2D eigenvalue weighted by Crippen LogP contribution is -2.38. The van der Waals surface area contributed by atoms with Gasteiger partial charge in [0.05, 0.1) is 10.0 Å². The molecule has 0 aliphatic carbocycles. The summed E-state index contributed by atoms with van der Waals surface area (Å²) in [6.45, 7) is 2.46. The van der Waals surface area contributed by atoms with Crippen LogP contribution in [0.25, 0.3) is 0 Å². The highest BCUT2D eigenvalue weighted by Crippen LogP contribution is 2.25. The molecule has 0 aromatic heterocycles. The first-order valence-electron chi connectivity index (χ1n) is 6.60. The van der Waals surface area contributed by atoms with E-state index >= 15 is 0 Å². The minimum Gasteiger partial charge on any atom is -0.356 e. The van der Waals surface area contributed by atoms with E-state index in [2.05, 4.69) is 10.6 Å². The molecule has 1 saturated heterocycles. The van der Waals surface area contributed by atoms with Gasteiger partial charge in [-0.2, -0.15) is 0 Å². The number of piperidine rings is 1. The van der Waals surface area contributed by atoms with Crippen LogP contribution in [0.3, 0.4) is 0 Å². The Hall–Kier alpha value is -0.480. The van der Waals surface area contributed by atoms with Crippen molar-refractivity contribution < 1.29 is 4.79 Å². The van der Waals surface area contributed by atoms with Gasteiger partial charge in [-0.05, 0) is 44.0 Å². The molecule has 1 amide bonds. The third-order valence-corrected chi connectivity index (χ3v) is 4.29. The van der Waals surface area contributed by atoms with Crippen LogP contribution in [0.4, 0.5) is 0 Å². The SMILES string of the molecule is Cl.O=C(NCCc1cccc(Cl)c1Cl)C1CCNCC1. The summed E-state index contributed by atoms with van der Waals surface area (Å²) < 4.78 is 0. The summed E-state index contributed by atoms with van der Waals surface area (Å²) >= 11 is 12.1. The lowest BCUT2D eigenvalue weighted by atomic mass is 9.97. The average Bonchev–Trinajstić information content (AvgIpc) is 2.44. The first-order chi connectivity index (χ1) is 9.18. The molecule has 112 valence electrons. The second-order valence-electron chi connectivity index (χ2n) is 4.78. The van der Waals surface area contributed by atoms with Crippen LogP contribution in [0.15, 0.2) is 18.2 Å². The summed E-state index contributed by atoms with van der Waals surface area (Å²) in [5.41, 5.74) is 0.972. The fraction of sp³-hybridized carbons (Fsp3) is 0.500. The van der Waals surface area contributed by atoms with E-state index in [9.17, 15) is 4.79 Å². The summed E-state index contributed by atoms with van der Waals surface area (Å²) in [5, 5.41) is 7.37. The van der Waals surface area contributed by atoms with Gasteiger partial charge in [-0.15, -0.1) is 12.4 Å². The van der Waals surface area contributed by atoms with Crippen LogP contribution in [-0.2, 0) is 11.2 Å². The van der Waals surface area contributed by atoms with Gasteiger partial charge in [0, 0.05) is 12.5 Å². The quantitative estimate of drug-likeness (QED) is 0.886. The molecule has 2 N–H and O–H groups in total. The molecule has 3 nitrogen and oxygen atoms in total. The molecule has 2 rings (SSSR count). The highest BCUT2D eigenvalue weighted by Gasteiger charge is 2.20. The molecular weight excluding hydrogens is 319 g/mol. The number of halogens is 3. The number of carbonyl (C=O) groups is 1. The molecule has 1 aliphatic heterocycles. The zero-order valence-corrected chi connectivity index (χ0v) is 13.5. The Kier molecular flexibility index (Phi) is 7.67. The van der Waals surface area contributed by atoms with Gasteiger partial charge in [-0.1, -0.05) is 35.3 Å². The van der Waals surface area contributed by atoms with E-state index in [-0.39, 0.29) is 24.2 Å². The molecule has 0 atom stereocenters. The normalized spacial score (nSPS) is 15.5. The summed E-state index contributed by atoms with van der Waals surface area (Å²) in [4.78, 5) is 11.9. The van der Waals surface area contributed by atoms with Crippen LogP contribution in [0.1, 0.15) is 18.4 Å². The van der Waals surface area contributed by atoms with E-state index in [4.69, 9.17) is 23.2 Å². The third-order valence-electron chi connectivity index (χ3n) is 3.44. The molecule has 0 unspecified atom stereocenters. The van der Waals surface area contributed by atoms with Crippen molar-refractivity contribution in [3.8, 4) is 0 Å². The largest absolute Gasteiger partial charge is 0.356 e. The van der Waals surface area contributed by atoms with Gasteiger partial charge in [-0.3, -0.25) is 4.79 Å². The van der Waals surface area contributed by atoms with Gasteiger partial charge in [-0.25, -0.2) is 0 Å². The second kappa shape index (κ2) is 8.73. The average molecular weight is 338 g/mol. The molecule has 0 saturated carbocycles. The Morgan fingerprint density at radius 1 is 1.30 bits per heavy atom. The zero-order chi connectivity index (χ0) is 13.7. The zero-order valence-electron chi connectivity index (χ0n) is 11.1. The Balaban J connectivity index is 0.00000200. The highest BCUT2D eigenvalue weighted by molar-refractivity contribution is 6.42. The maximum atomic E-state index is 11.9. The monoisotopic (exact) mass is 336 g/mol. The lowest BCUT2D eigenvalue weighted by molar-refractivity contribution is -0.125. The molecule has 20 heavy (non-hydrogen) atoms. The molecule has 6 heteroatoms. The highest BCUT2D eigenvalue weighted by atomic mass is 35.5. The first kappa shape index (κ1) is 17.6. The minimum absolute atomic E-state index is 0. The molecule has 1 aliphatic rings. The lowest BCUT2D eigenvalue weighted by Gasteiger charge is -2.21. The maximum Gasteiger partial charge on any atom is 0.223 e. The summed E-state index contributed by atoms with van der Waals surface area (Å²) in [7, 11) is 0. The molecular formula is C14H19Cl3N2O. The van der Waals surface area contributed by atoms with E-state index in [0.717, 1.165) is 31.5 Å². The Labute approximate surface area is 135 Å². The van der Waals surface area contributed by atoms with Gasteiger partial charge >= 0.3 is 0 Å². The number of amides is 1. The topological polar surface area (TPSA) is 41.1 Å².